The molecule has 2 aliphatic carbocycles. The topological polar surface area (TPSA) is 0 Å². The average molecular weight is 222 g/mol. The maximum atomic E-state index is 5.69. The fourth-order valence-electron chi connectivity index (χ4n) is 3.85. The van der Waals surface area contributed by atoms with Crippen LogP contribution in [0.5, 0.6) is 0 Å². The number of allylic oxidation sites excluding steroid dienone is 1. The highest BCUT2D eigenvalue weighted by atomic mass is 32.1. The van der Waals surface area contributed by atoms with Crippen LogP contribution < -0.4 is 0 Å². The van der Waals surface area contributed by atoms with Crippen LogP contribution in [0.25, 0.3) is 0 Å². The first-order valence-corrected chi connectivity index (χ1v) is 6.53. The smallest absolute Gasteiger partial charge is 0.0113 e. The van der Waals surface area contributed by atoms with Gasteiger partial charge in [-0.1, -0.05) is 52.1 Å². The van der Waals surface area contributed by atoms with E-state index in [-0.39, 0.29) is 0 Å². The van der Waals surface area contributed by atoms with Crippen LogP contribution in [0, 0.1) is 29.1 Å². The van der Waals surface area contributed by atoms with Gasteiger partial charge in [0.2, 0.25) is 0 Å². The quantitative estimate of drug-likeness (QED) is 0.436. The van der Waals surface area contributed by atoms with Gasteiger partial charge in [-0.15, -0.1) is 0 Å². The minimum atomic E-state index is 0.311. The average Bonchev–Trinajstić information content (AvgIpc) is 2.53. The first-order chi connectivity index (χ1) is 6.91. The summed E-state index contributed by atoms with van der Waals surface area (Å²) >= 11 is 5.69. The lowest BCUT2D eigenvalue weighted by Gasteiger charge is -2.36. The molecule has 2 fully saturated rings. The molecule has 0 aromatic rings. The lowest BCUT2D eigenvalue weighted by molar-refractivity contribution is 0.183. The summed E-state index contributed by atoms with van der Waals surface area (Å²) in [7, 11) is 0. The molecule has 0 N–H and O–H groups in total. The SMILES string of the molecule is C=C1CC2(C(=S)CC(C)C2C)C(C)C1C. The van der Waals surface area contributed by atoms with Crippen molar-refractivity contribution >= 4 is 17.1 Å². The molecule has 0 heterocycles. The number of thiocarbonyl (C=S) groups is 1. The van der Waals surface area contributed by atoms with Crippen molar-refractivity contribution in [2.24, 2.45) is 29.1 Å². The Balaban J connectivity index is 2.42. The third-order valence-corrected chi connectivity index (χ3v) is 5.97. The first-order valence-electron chi connectivity index (χ1n) is 6.12. The van der Waals surface area contributed by atoms with Crippen LogP contribution in [0.15, 0.2) is 12.2 Å². The van der Waals surface area contributed by atoms with Crippen molar-refractivity contribution in [1.82, 2.24) is 0 Å². The molecule has 0 bridgehead atoms. The van der Waals surface area contributed by atoms with Crippen LogP contribution in [0.2, 0.25) is 0 Å². The lowest BCUT2D eigenvalue weighted by atomic mass is 9.69. The van der Waals surface area contributed by atoms with Crippen molar-refractivity contribution in [3.63, 3.8) is 0 Å². The Hall–Kier alpha value is -0.170. The molecule has 0 aliphatic heterocycles. The third kappa shape index (κ3) is 1.28. The summed E-state index contributed by atoms with van der Waals surface area (Å²) in [5.41, 5.74) is 1.73. The summed E-state index contributed by atoms with van der Waals surface area (Å²) in [5.74, 6) is 2.84. The Morgan fingerprint density at radius 1 is 1.20 bits per heavy atom. The standard InChI is InChI=1S/C14H22S/c1-8-6-13(15)14(11(8)4)7-9(2)10(3)12(14)5/h8,10-12H,2,6-7H2,1,3-5H3. The van der Waals surface area contributed by atoms with E-state index < -0.39 is 0 Å². The third-order valence-electron chi connectivity index (χ3n) is 5.42. The van der Waals surface area contributed by atoms with E-state index in [1.54, 1.807) is 0 Å². The maximum absolute atomic E-state index is 5.69. The van der Waals surface area contributed by atoms with E-state index in [9.17, 15) is 0 Å². The zero-order chi connectivity index (χ0) is 11.4. The van der Waals surface area contributed by atoms with Crippen molar-refractivity contribution < 1.29 is 0 Å². The number of hydrogen-bond acceptors (Lipinski definition) is 1. The van der Waals surface area contributed by atoms with Crippen molar-refractivity contribution in [2.75, 3.05) is 0 Å². The van der Waals surface area contributed by atoms with Crippen LogP contribution in [0.4, 0.5) is 0 Å². The zero-order valence-corrected chi connectivity index (χ0v) is 11.2. The van der Waals surface area contributed by atoms with E-state index in [2.05, 4.69) is 34.3 Å². The predicted molar refractivity (Wildman–Crippen MR) is 70.1 cm³/mol. The molecule has 0 nitrogen and oxygen atoms in total. The van der Waals surface area contributed by atoms with Crippen LogP contribution in [-0.2, 0) is 0 Å². The summed E-state index contributed by atoms with van der Waals surface area (Å²) in [4.78, 5) is 1.33. The van der Waals surface area contributed by atoms with Gasteiger partial charge in [0.15, 0.2) is 0 Å². The second-order valence-electron chi connectivity index (χ2n) is 5.85. The van der Waals surface area contributed by atoms with Gasteiger partial charge in [0.05, 0.1) is 0 Å². The molecule has 0 aromatic carbocycles. The molecule has 0 saturated heterocycles. The Labute approximate surface area is 99.1 Å². The molecule has 2 aliphatic rings. The molecule has 1 spiro atoms. The molecule has 0 radical (unpaired) electrons. The van der Waals surface area contributed by atoms with E-state index in [1.165, 1.54) is 10.4 Å². The van der Waals surface area contributed by atoms with Crippen molar-refractivity contribution in [2.45, 2.75) is 40.5 Å². The van der Waals surface area contributed by atoms with Gasteiger partial charge in [-0.3, -0.25) is 0 Å². The van der Waals surface area contributed by atoms with Gasteiger partial charge in [0, 0.05) is 10.3 Å². The van der Waals surface area contributed by atoms with Gasteiger partial charge in [-0.25, -0.2) is 0 Å². The second-order valence-corrected chi connectivity index (χ2v) is 6.34. The Morgan fingerprint density at radius 2 is 1.80 bits per heavy atom. The van der Waals surface area contributed by atoms with E-state index in [0.29, 0.717) is 17.3 Å². The minimum Gasteiger partial charge on any atom is -0.0995 e. The van der Waals surface area contributed by atoms with Crippen LogP contribution >= 0.6 is 12.2 Å². The summed E-state index contributed by atoms with van der Waals surface area (Å²) in [6.45, 7) is 13.7. The Bertz CT molecular complexity index is 317. The highest BCUT2D eigenvalue weighted by molar-refractivity contribution is 7.80. The van der Waals surface area contributed by atoms with Gasteiger partial charge in [0.1, 0.15) is 0 Å². The molecule has 15 heavy (non-hydrogen) atoms. The molecule has 0 amide bonds. The van der Waals surface area contributed by atoms with Crippen LogP contribution in [0.3, 0.4) is 0 Å². The van der Waals surface area contributed by atoms with Gasteiger partial charge < -0.3 is 0 Å². The molecule has 84 valence electrons. The van der Waals surface area contributed by atoms with Gasteiger partial charge in [0.25, 0.3) is 0 Å². The Kier molecular flexibility index (Phi) is 2.57. The normalized spacial score (nSPS) is 50.7. The molecule has 0 aromatic heterocycles. The number of hydrogen-bond donors (Lipinski definition) is 0. The molecule has 2 rings (SSSR count). The fourth-order valence-corrected chi connectivity index (χ4v) is 4.55. The van der Waals surface area contributed by atoms with E-state index in [4.69, 9.17) is 12.2 Å². The van der Waals surface area contributed by atoms with Gasteiger partial charge in [-0.2, -0.15) is 0 Å². The zero-order valence-electron chi connectivity index (χ0n) is 10.3. The largest absolute Gasteiger partial charge is 0.0995 e. The van der Waals surface area contributed by atoms with Crippen LogP contribution in [-0.4, -0.2) is 4.86 Å². The fraction of sp³-hybridized carbons (Fsp3) is 0.786. The van der Waals surface area contributed by atoms with E-state index in [0.717, 1.165) is 24.7 Å². The van der Waals surface area contributed by atoms with E-state index >= 15 is 0 Å². The van der Waals surface area contributed by atoms with Crippen LogP contribution in [0.1, 0.15) is 40.5 Å². The molecule has 2 saturated carbocycles. The summed E-state index contributed by atoms with van der Waals surface area (Å²) in [6, 6.07) is 0. The summed E-state index contributed by atoms with van der Waals surface area (Å²) in [6.07, 6.45) is 2.31. The molecular weight excluding hydrogens is 200 g/mol. The van der Waals surface area contributed by atoms with Crippen molar-refractivity contribution in [3.8, 4) is 0 Å². The molecule has 5 unspecified atom stereocenters. The predicted octanol–water partition coefficient (Wildman–Crippen LogP) is 4.25. The number of rotatable bonds is 0. The highest BCUT2D eigenvalue weighted by Crippen LogP contribution is 2.60. The highest BCUT2D eigenvalue weighted by Gasteiger charge is 2.56. The monoisotopic (exact) mass is 222 g/mol. The lowest BCUT2D eigenvalue weighted by Crippen LogP contribution is -2.35. The van der Waals surface area contributed by atoms with Crippen molar-refractivity contribution in [1.29, 1.82) is 0 Å². The van der Waals surface area contributed by atoms with Gasteiger partial charge in [-0.05, 0) is 36.5 Å². The molecule has 5 atom stereocenters. The second kappa shape index (κ2) is 3.41. The molecule has 1 heteroatoms. The maximum Gasteiger partial charge on any atom is 0.0113 e. The van der Waals surface area contributed by atoms with Gasteiger partial charge >= 0.3 is 0 Å². The summed E-state index contributed by atoms with van der Waals surface area (Å²) in [5, 5.41) is 0. The minimum absolute atomic E-state index is 0.311. The Morgan fingerprint density at radius 3 is 2.13 bits per heavy atom. The summed E-state index contributed by atoms with van der Waals surface area (Å²) < 4.78 is 0. The van der Waals surface area contributed by atoms with Crippen molar-refractivity contribution in [3.05, 3.63) is 12.2 Å². The van der Waals surface area contributed by atoms with E-state index in [1.807, 2.05) is 0 Å². The molecular formula is C14H22S. The first kappa shape index (κ1) is 11.3.